The Morgan fingerprint density at radius 3 is 2.38 bits per heavy atom. The summed E-state index contributed by atoms with van der Waals surface area (Å²) in [6, 6.07) is 6.05. The molecule has 1 aliphatic carbocycles. The van der Waals surface area contributed by atoms with Crippen LogP contribution < -0.4 is 5.32 Å². The second-order valence-corrected chi connectivity index (χ2v) is 9.60. The molecule has 26 heavy (non-hydrogen) atoms. The summed E-state index contributed by atoms with van der Waals surface area (Å²) in [6.45, 7) is 1.80. The highest BCUT2D eigenvalue weighted by Crippen LogP contribution is 2.26. The molecule has 7 nitrogen and oxygen atoms in total. The van der Waals surface area contributed by atoms with Crippen LogP contribution in [0.5, 0.6) is 0 Å². The van der Waals surface area contributed by atoms with Crippen LogP contribution in [0.3, 0.4) is 0 Å². The third kappa shape index (κ3) is 4.11. The minimum absolute atomic E-state index is 0.0531. The fourth-order valence-corrected chi connectivity index (χ4v) is 5.10. The molecule has 0 bridgehead atoms. The van der Waals surface area contributed by atoms with Crippen molar-refractivity contribution in [1.82, 2.24) is 14.5 Å². The predicted molar refractivity (Wildman–Crippen MR) is 101 cm³/mol. The van der Waals surface area contributed by atoms with Crippen LogP contribution in [0.2, 0.25) is 0 Å². The Balaban J connectivity index is 1.72. The molecule has 0 aliphatic heterocycles. The highest BCUT2D eigenvalue weighted by molar-refractivity contribution is 7.89. The molecule has 1 fully saturated rings. The van der Waals surface area contributed by atoms with Gasteiger partial charge in [0.2, 0.25) is 15.2 Å². The first-order valence-electron chi connectivity index (χ1n) is 8.57. The lowest BCUT2D eigenvalue weighted by atomic mass is 9.96. The van der Waals surface area contributed by atoms with Gasteiger partial charge in [-0.1, -0.05) is 30.6 Å². The SMILES string of the molecule is Cc1nnc(NC(=O)c2ccc(S(=O)(=O)N(C)C3CCCCC3)cc2)s1. The zero-order chi connectivity index (χ0) is 18.7. The molecular weight excluding hydrogens is 372 g/mol. The third-order valence-electron chi connectivity index (χ3n) is 4.63. The quantitative estimate of drug-likeness (QED) is 0.841. The number of rotatable bonds is 5. The molecule has 1 aliphatic rings. The van der Waals surface area contributed by atoms with E-state index in [2.05, 4.69) is 15.5 Å². The molecule has 1 saturated carbocycles. The van der Waals surface area contributed by atoms with Gasteiger partial charge >= 0.3 is 0 Å². The molecule has 1 N–H and O–H groups in total. The molecule has 1 amide bonds. The molecule has 0 radical (unpaired) electrons. The van der Waals surface area contributed by atoms with Gasteiger partial charge in [-0.25, -0.2) is 8.42 Å². The Morgan fingerprint density at radius 1 is 1.15 bits per heavy atom. The predicted octanol–water partition coefficient (Wildman–Crippen LogP) is 3.05. The van der Waals surface area contributed by atoms with Crippen LogP contribution in [0.4, 0.5) is 5.13 Å². The largest absolute Gasteiger partial charge is 0.296 e. The number of amides is 1. The van der Waals surface area contributed by atoms with Gasteiger partial charge in [0.15, 0.2) is 0 Å². The van der Waals surface area contributed by atoms with Gasteiger partial charge in [-0.05, 0) is 44.0 Å². The van der Waals surface area contributed by atoms with Crippen LogP contribution in [0, 0.1) is 6.92 Å². The van der Waals surface area contributed by atoms with Crippen LogP contribution in [0.25, 0.3) is 0 Å². The summed E-state index contributed by atoms with van der Waals surface area (Å²) < 4.78 is 27.1. The third-order valence-corrected chi connectivity index (χ3v) is 7.31. The van der Waals surface area contributed by atoms with Crippen molar-refractivity contribution < 1.29 is 13.2 Å². The number of carbonyl (C=O) groups excluding carboxylic acids is 1. The number of anilines is 1. The molecule has 0 unspecified atom stereocenters. The van der Waals surface area contributed by atoms with Crippen molar-refractivity contribution in [2.45, 2.75) is 50.0 Å². The summed E-state index contributed by atoms with van der Waals surface area (Å²) >= 11 is 1.28. The molecule has 0 saturated heterocycles. The standard InChI is InChI=1S/C17H22N4O3S2/c1-12-19-20-17(25-12)18-16(22)13-8-10-15(11-9-13)26(23,24)21(2)14-6-4-3-5-7-14/h8-11,14H,3-7H2,1-2H3,(H,18,20,22). The summed E-state index contributed by atoms with van der Waals surface area (Å²) in [6.07, 6.45) is 5.10. The van der Waals surface area contributed by atoms with Crippen molar-refractivity contribution in [3.63, 3.8) is 0 Å². The van der Waals surface area contributed by atoms with E-state index in [4.69, 9.17) is 0 Å². The first kappa shape index (κ1) is 18.9. The van der Waals surface area contributed by atoms with Gasteiger partial charge in [-0.3, -0.25) is 10.1 Å². The number of hydrogen-bond donors (Lipinski definition) is 1. The number of aryl methyl sites for hydroxylation is 1. The van der Waals surface area contributed by atoms with Gasteiger partial charge in [-0.2, -0.15) is 4.31 Å². The second-order valence-electron chi connectivity index (χ2n) is 6.42. The van der Waals surface area contributed by atoms with Gasteiger partial charge < -0.3 is 0 Å². The molecule has 2 aromatic rings. The van der Waals surface area contributed by atoms with E-state index in [1.54, 1.807) is 14.0 Å². The van der Waals surface area contributed by atoms with Gasteiger partial charge in [-0.15, -0.1) is 10.2 Å². The maximum absolute atomic E-state index is 12.8. The van der Waals surface area contributed by atoms with Crippen LogP contribution in [-0.2, 0) is 10.0 Å². The summed E-state index contributed by atoms with van der Waals surface area (Å²) in [5.41, 5.74) is 0.372. The monoisotopic (exact) mass is 394 g/mol. The van der Waals surface area contributed by atoms with Crippen molar-refractivity contribution in [1.29, 1.82) is 0 Å². The topological polar surface area (TPSA) is 92.3 Å². The Bertz CT molecular complexity index is 872. The number of aromatic nitrogens is 2. The summed E-state index contributed by atoms with van der Waals surface area (Å²) in [5, 5.41) is 11.5. The van der Waals surface area contributed by atoms with E-state index in [1.807, 2.05) is 0 Å². The van der Waals surface area contributed by atoms with Crippen LogP contribution in [0.15, 0.2) is 29.2 Å². The van der Waals surface area contributed by atoms with E-state index in [0.29, 0.717) is 10.7 Å². The van der Waals surface area contributed by atoms with Gasteiger partial charge in [0.05, 0.1) is 4.90 Å². The molecule has 0 atom stereocenters. The van der Waals surface area contributed by atoms with Gasteiger partial charge in [0.25, 0.3) is 5.91 Å². The molecule has 1 heterocycles. The summed E-state index contributed by atoms with van der Waals surface area (Å²) in [5.74, 6) is -0.342. The molecular formula is C17H22N4O3S2. The average molecular weight is 395 g/mol. The van der Waals surface area contributed by atoms with Crippen molar-refractivity contribution >= 4 is 32.4 Å². The van der Waals surface area contributed by atoms with Gasteiger partial charge in [0, 0.05) is 18.7 Å². The fourth-order valence-electron chi connectivity index (χ4n) is 3.10. The number of carbonyl (C=O) groups is 1. The highest BCUT2D eigenvalue weighted by atomic mass is 32.2. The van der Waals surface area contributed by atoms with E-state index in [9.17, 15) is 13.2 Å². The van der Waals surface area contributed by atoms with Crippen LogP contribution in [-0.4, -0.2) is 41.9 Å². The minimum atomic E-state index is -3.56. The van der Waals surface area contributed by atoms with Crippen LogP contribution >= 0.6 is 11.3 Å². The summed E-state index contributed by atoms with van der Waals surface area (Å²) in [4.78, 5) is 12.4. The smallest absolute Gasteiger partial charge is 0.257 e. The van der Waals surface area contributed by atoms with Crippen LogP contribution in [0.1, 0.15) is 47.5 Å². The van der Waals surface area contributed by atoms with E-state index in [1.165, 1.54) is 46.3 Å². The zero-order valence-corrected chi connectivity index (χ0v) is 16.4. The first-order valence-corrected chi connectivity index (χ1v) is 10.8. The Morgan fingerprint density at radius 2 is 1.81 bits per heavy atom. The molecule has 3 rings (SSSR count). The number of nitrogens with one attached hydrogen (secondary N) is 1. The lowest BCUT2D eigenvalue weighted by Gasteiger charge is -2.30. The van der Waals surface area contributed by atoms with Crippen molar-refractivity contribution in [3.05, 3.63) is 34.8 Å². The molecule has 0 spiro atoms. The van der Waals surface area contributed by atoms with Crippen molar-refractivity contribution in [2.24, 2.45) is 0 Å². The van der Waals surface area contributed by atoms with E-state index >= 15 is 0 Å². The highest BCUT2D eigenvalue weighted by Gasteiger charge is 2.29. The number of nitrogens with zero attached hydrogens (tertiary/aromatic N) is 3. The Hall–Kier alpha value is -1.84. The Labute approximate surface area is 157 Å². The zero-order valence-electron chi connectivity index (χ0n) is 14.8. The lowest BCUT2D eigenvalue weighted by Crippen LogP contribution is -2.38. The maximum atomic E-state index is 12.8. The average Bonchev–Trinajstić information content (AvgIpc) is 3.06. The molecule has 9 heteroatoms. The van der Waals surface area contributed by atoms with E-state index < -0.39 is 10.0 Å². The molecule has 1 aromatic carbocycles. The molecule has 140 valence electrons. The summed E-state index contributed by atoms with van der Waals surface area (Å²) in [7, 11) is -1.91. The maximum Gasteiger partial charge on any atom is 0.257 e. The van der Waals surface area contributed by atoms with Crippen molar-refractivity contribution in [2.75, 3.05) is 12.4 Å². The van der Waals surface area contributed by atoms with Gasteiger partial charge in [0.1, 0.15) is 5.01 Å². The van der Waals surface area contributed by atoms with E-state index in [0.717, 1.165) is 30.7 Å². The minimum Gasteiger partial charge on any atom is -0.296 e. The second kappa shape index (κ2) is 7.81. The normalized spacial score (nSPS) is 16.0. The fraction of sp³-hybridized carbons (Fsp3) is 0.471. The number of benzene rings is 1. The Kier molecular flexibility index (Phi) is 5.69. The molecule has 1 aromatic heterocycles. The first-order chi connectivity index (χ1) is 12.4. The van der Waals surface area contributed by atoms with Crippen molar-refractivity contribution in [3.8, 4) is 0 Å². The number of sulfonamides is 1. The lowest BCUT2D eigenvalue weighted by molar-refractivity contribution is 0.102. The van der Waals surface area contributed by atoms with E-state index in [-0.39, 0.29) is 16.8 Å². The number of hydrogen-bond acceptors (Lipinski definition) is 6.